The van der Waals surface area contributed by atoms with Crippen LogP contribution in [0.4, 0.5) is 10.1 Å². The molecule has 26 heavy (non-hydrogen) atoms. The van der Waals surface area contributed by atoms with Crippen molar-refractivity contribution in [1.29, 1.82) is 5.26 Å². The molecular formula is C20H24FN5. The third-order valence-corrected chi connectivity index (χ3v) is 4.64. The molecule has 0 radical (unpaired) electrons. The standard InChI is InChI=1S/C20H24FN5/c1-15(2)10-16-12-20(17(13-22)11-19(16)21)26-8-6-25(7-9-26)14-18-4-3-5-23-24-18/h3-5,11-12,15H,6-10,14H2,1-2H3. The molecule has 1 aliphatic rings. The van der Waals surface area contributed by atoms with E-state index < -0.39 is 0 Å². The van der Waals surface area contributed by atoms with Crippen LogP contribution >= 0.6 is 0 Å². The van der Waals surface area contributed by atoms with E-state index in [2.05, 4.69) is 39.9 Å². The lowest BCUT2D eigenvalue weighted by atomic mass is 9.99. The lowest BCUT2D eigenvalue weighted by molar-refractivity contribution is 0.246. The second kappa shape index (κ2) is 8.24. The predicted octanol–water partition coefficient (Wildman–Crippen LogP) is 3.01. The van der Waals surface area contributed by atoms with Crippen LogP contribution in [0.25, 0.3) is 0 Å². The van der Waals surface area contributed by atoms with Crippen LogP contribution in [0.15, 0.2) is 30.5 Å². The Morgan fingerprint density at radius 2 is 2.00 bits per heavy atom. The van der Waals surface area contributed by atoms with Crippen LogP contribution in [-0.2, 0) is 13.0 Å². The molecule has 1 saturated heterocycles. The molecule has 1 fully saturated rings. The van der Waals surface area contributed by atoms with Crippen LogP contribution in [-0.4, -0.2) is 41.3 Å². The van der Waals surface area contributed by atoms with Gasteiger partial charge in [0.1, 0.15) is 11.9 Å². The van der Waals surface area contributed by atoms with Gasteiger partial charge in [-0.2, -0.15) is 15.5 Å². The van der Waals surface area contributed by atoms with Crippen molar-refractivity contribution in [2.45, 2.75) is 26.8 Å². The van der Waals surface area contributed by atoms with Crippen LogP contribution in [0, 0.1) is 23.1 Å². The molecule has 5 nitrogen and oxygen atoms in total. The van der Waals surface area contributed by atoms with E-state index >= 15 is 0 Å². The maximum absolute atomic E-state index is 14.3. The number of nitrogens with zero attached hydrogens (tertiary/aromatic N) is 5. The van der Waals surface area contributed by atoms with Gasteiger partial charge in [-0.25, -0.2) is 4.39 Å². The number of nitriles is 1. The zero-order chi connectivity index (χ0) is 18.5. The second-order valence-corrected chi connectivity index (χ2v) is 7.15. The van der Waals surface area contributed by atoms with Crippen molar-refractivity contribution in [3.63, 3.8) is 0 Å². The van der Waals surface area contributed by atoms with Crippen molar-refractivity contribution < 1.29 is 4.39 Å². The molecule has 6 heteroatoms. The summed E-state index contributed by atoms with van der Waals surface area (Å²) in [5.74, 6) is 0.0920. The number of piperazine rings is 1. The summed E-state index contributed by atoms with van der Waals surface area (Å²) in [6, 6.07) is 9.28. The van der Waals surface area contributed by atoms with Crippen LogP contribution < -0.4 is 4.90 Å². The normalized spacial score (nSPS) is 15.3. The van der Waals surface area contributed by atoms with Gasteiger partial charge in [-0.05, 0) is 42.2 Å². The fourth-order valence-corrected chi connectivity index (χ4v) is 3.35. The molecule has 0 atom stereocenters. The van der Waals surface area contributed by atoms with Crippen molar-refractivity contribution in [2.24, 2.45) is 5.92 Å². The molecule has 0 saturated carbocycles. The summed E-state index contributed by atoms with van der Waals surface area (Å²) in [6.07, 6.45) is 2.35. The van der Waals surface area contributed by atoms with E-state index in [1.807, 2.05) is 18.2 Å². The van der Waals surface area contributed by atoms with Gasteiger partial charge in [0.25, 0.3) is 0 Å². The van der Waals surface area contributed by atoms with Gasteiger partial charge in [0.15, 0.2) is 0 Å². The zero-order valence-electron chi connectivity index (χ0n) is 15.3. The fourth-order valence-electron chi connectivity index (χ4n) is 3.35. The van der Waals surface area contributed by atoms with E-state index in [4.69, 9.17) is 0 Å². The van der Waals surface area contributed by atoms with E-state index in [9.17, 15) is 9.65 Å². The van der Waals surface area contributed by atoms with E-state index in [1.165, 1.54) is 6.07 Å². The van der Waals surface area contributed by atoms with Gasteiger partial charge < -0.3 is 4.90 Å². The largest absolute Gasteiger partial charge is 0.368 e. The lowest BCUT2D eigenvalue weighted by Gasteiger charge is -2.36. The molecule has 0 N–H and O–H groups in total. The van der Waals surface area contributed by atoms with Crippen molar-refractivity contribution >= 4 is 5.69 Å². The Bertz CT molecular complexity index is 777. The number of rotatable bonds is 5. The van der Waals surface area contributed by atoms with Gasteiger partial charge in [0.2, 0.25) is 0 Å². The number of benzene rings is 1. The van der Waals surface area contributed by atoms with Crippen molar-refractivity contribution in [1.82, 2.24) is 15.1 Å². The van der Waals surface area contributed by atoms with Gasteiger partial charge in [-0.15, -0.1) is 0 Å². The number of anilines is 1. The predicted molar refractivity (Wildman–Crippen MR) is 99.2 cm³/mol. The van der Waals surface area contributed by atoms with Gasteiger partial charge in [-0.1, -0.05) is 13.8 Å². The first kappa shape index (κ1) is 18.3. The molecule has 3 rings (SSSR count). The maximum atomic E-state index is 14.3. The minimum Gasteiger partial charge on any atom is -0.368 e. The third kappa shape index (κ3) is 4.36. The highest BCUT2D eigenvalue weighted by Gasteiger charge is 2.21. The van der Waals surface area contributed by atoms with E-state index in [0.29, 0.717) is 23.5 Å². The first-order chi connectivity index (χ1) is 12.6. The summed E-state index contributed by atoms with van der Waals surface area (Å²) in [7, 11) is 0. The molecule has 0 unspecified atom stereocenters. The summed E-state index contributed by atoms with van der Waals surface area (Å²) in [5.41, 5.74) is 2.91. The van der Waals surface area contributed by atoms with Gasteiger partial charge >= 0.3 is 0 Å². The Balaban J connectivity index is 1.71. The minimum absolute atomic E-state index is 0.278. The Morgan fingerprint density at radius 3 is 2.62 bits per heavy atom. The fraction of sp³-hybridized carbons (Fsp3) is 0.450. The van der Waals surface area contributed by atoms with Crippen molar-refractivity contribution in [2.75, 3.05) is 31.1 Å². The first-order valence-electron chi connectivity index (χ1n) is 9.03. The maximum Gasteiger partial charge on any atom is 0.127 e. The summed E-state index contributed by atoms with van der Waals surface area (Å²) in [4.78, 5) is 4.51. The highest BCUT2D eigenvalue weighted by molar-refractivity contribution is 5.61. The number of halogens is 1. The summed E-state index contributed by atoms with van der Waals surface area (Å²) in [6.45, 7) is 8.28. The molecule has 2 aromatic rings. The number of hydrogen-bond acceptors (Lipinski definition) is 5. The third-order valence-electron chi connectivity index (χ3n) is 4.64. The van der Waals surface area contributed by atoms with E-state index in [0.717, 1.165) is 44.1 Å². The average Bonchev–Trinajstić information content (AvgIpc) is 2.64. The molecule has 136 valence electrons. The molecular weight excluding hydrogens is 329 g/mol. The monoisotopic (exact) mass is 353 g/mol. The van der Waals surface area contributed by atoms with Crippen LogP contribution in [0.3, 0.4) is 0 Å². The van der Waals surface area contributed by atoms with Crippen LogP contribution in [0.5, 0.6) is 0 Å². The quantitative estimate of drug-likeness (QED) is 0.827. The number of aromatic nitrogens is 2. The Kier molecular flexibility index (Phi) is 5.79. The first-order valence-corrected chi connectivity index (χ1v) is 9.03. The molecule has 1 aromatic carbocycles. The molecule has 0 spiro atoms. The molecule has 1 aromatic heterocycles. The lowest BCUT2D eigenvalue weighted by Crippen LogP contribution is -2.46. The Labute approximate surface area is 154 Å². The summed E-state index contributed by atoms with van der Waals surface area (Å²) >= 11 is 0. The molecule has 2 heterocycles. The van der Waals surface area contributed by atoms with Gasteiger partial charge in [-0.3, -0.25) is 4.90 Å². The highest BCUT2D eigenvalue weighted by atomic mass is 19.1. The number of hydrogen-bond donors (Lipinski definition) is 0. The van der Waals surface area contributed by atoms with E-state index in [1.54, 1.807) is 6.20 Å². The summed E-state index contributed by atoms with van der Waals surface area (Å²) in [5, 5.41) is 17.5. The zero-order valence-corrected chi connectivity index (χ0v) is 15.3. The van der Waals surface area contributed by atoms with Crippen LogP contribution in [0.2, 0.25) is 0 Å². The van der Waals surface area contributed by atoms with Crippen LogP contribution in [0.1, 0.15) is 30.7 Å². The van der Waals surface area contributed by atoms with E-state index in [-0.39, 0.29) is 5.82 Å². The smallest absolute Gasteiger partial charge is 0.127 e. The molecule has 0 bridgehead atoms. The van der Waals surface area contributed by atoms with Crippen molar-refractivity contribution in [3.8, 4) is 6.07 Å². The Hall–Kier alpha value is -2.52. The van der Waals surface area contributed by atoms with Gasteiger partial charge in [0, 0.05) is 38.9 Å². The molecule has 0 aliphatic carbocycles. The summed E-state index contributed by atoms with van der Waals surface area (Å²) < 4.78 is 14.3. The molecule has 0 amide bonds. The SMILES string of the molecule is CC(C)Cc1cc(N2CCN(Cc3cccnn3)CC2)c(C#N)cc1F. The highest BCUT2D eigenvalue weighted by Crippen LogP contribution is 2.27. The topological polar surface area (TPSA) is 56.1 Å². The van der Waals surface area contributed by atoms with Crippen molar-refractivity contribution in [3.05, 3.63) is 53.1 Å². The minimum atomic E-state index is -0.278. The molecule has 1 aliphatic heterocycles. The Morgan fingerprint density at radius 1 is 1.23 bits per heavy atom. The average molecular weight is 353 g/mol. The second-order valence-electron chi connectivity index (χ2n) is 7.15. The van der Waals surface area contributed by atoms with Gasteiger partial charge in [0.05, 0.1) is 16.9 Å².